The van der Waals surface area contributed by atoms with Gasteiger partial charge in [0, 0.05) is 44.4 Å². The average molecular weight is 508 g/mol. The monoisotopic (exact) mass is 507 g/mol. The fraction of sp³-hybridized carbons (Fsp3) is 0.400. The number of carbonyl (C=O) groups is 2. The fourth-order valence-electron chi connectivity index (χ4n) is 4.98. The highest BCUT2D eigenvalue weighted by molar-refractivity contribution is 5.97. The van der Waals surface area contributed by atoms with E-state index in [9.17, 15) is 18.4 Å². The quantitative estimate of drug-likeness (QED) is 0.316. The van der Waals surface area contributed by atoms with E-state index in [1.165, 1.54) is 25.0 Å². The highest BCUT2D eigenvalue weighted by Crippen LogP contribution is 2.31. The van der Waals surface area contributed by atoms with E-state index in [1.807, 2.05) is 35.2 Å². The molecule has 7 heteroatoms. The van der Waals surface area contributed by atoms with Gasteiger partial charge in [0.2, 0.25) is 5.91 Å². The predicted molar refractivity (Wildman–Crippen MR) is 142 cm³/mol. The molecule has 37 heavy (non-hydrogen) atoms. The molecular weight excluding hydrogens is 472 g/mol. The van der Waals surface area contributed by atoms with Crippen LogP contribution in [0, 0.1) is 18.6 Å². The Balaban J connectivity index is 1.52. The van der Waals surface area contributed by atoms with Crippen LogP contribution in [0.5, 0.6) is 0 Å². The summed E-state index contributed by atoms with van der Waals surface area (Å²) in [6.45, 7) is 5.88. The Morgan fingerprint density at radius 3 is 2.19 bits per heavy atom. The lowest BCUT2D eigenvalue weighted by Gasteiger charge is -2.35. The number of benzene rings is 2. The lowest BCUT2D eigenvalue weighted by Crippen LogP contribution is -2.50. The van der Waals surface area contributed by atoms with Gasteiger partial charge in [0.25, 0.3) is 5.91 Å². The highest BCUT2D eigenvalue weighted by Gasteiger charge is 2.28. The molecule has 2 amide bonds. The van der Waals surface area contributed by atoms with Crippen LogP contribution in [-0.2, 0) is 4.79 Å². The zero-order valence-corrected chi connectivity index (χ0v) is 21.7. The number of piperazine rings is 1. The molecule has 2 aromatic carbocycles. The van der Waals surface area contributed by atoms with E-state index in [4.69, 9.17) is 0 Å². The minimum absolute atomic E-state index is 0.150. The largest absolute Gasteiger partial charge is 0.339 e. The van der Waals surface area contributed by atoms with Crippen LogP contribution in [0.15, 0.2) is 54.6 Å². The van der Waals surface area contributed by atoms with Gasteiger partial charge in [0.05, 0.1) is 16.9 Å². The second-order valence-corrected chi connectivity index (χ2v) is 9.66. The van der Waals surface area contributed by atoms with Crippen molar-refractivity contribution in [3.05, 3.63) is 77.5 Å². The van der Waals surface area contributed by atoms with Crippen molar-refractivity contribution in [2.75, 3.05) is 26.2 Å². The fourth-order valence-corrected chi connectivity index (χ4v) is 4.98. The van der Waals surface area contributed by atoms with Gasteiger partial charge in [0.1, 0.15) is 11.6 Å². The summed E-state index contributed by atoms with van der Waals surface area (Å²) in [5.74, 6) is -1.35. The Labute approximate surface area is 217 Å². The number of carbonyl (C=O) groups excluding carboxylic acids is 2. The molecule has 0 radical (unpaired) electrons. The van der Waals surface area contributed by atoms with Crippen LogP contribution in [0.1, 0.15) is 61.5 Å². The van der Waals surface area contributed by atoms with Gasteiger partial charge in [-0.15, -0.1) is 0 Å². The van der Waals surface area contributed by atoms with Crippen LogP contribution in [0.3, 0.4) is 0 Å². The summed E-state index contributed by atoms with van der Waals surface area (Å²) in [6.07, 6.45) is 6.09. The molecule has 0 aliphatic carbocycles. The molecule has 2 heterocycles. The van der Waals surface area contributed by atoms with E-state index in [0.29, 0.717) is 49.6 Å². The number of unbranched alkanes of at least 4 members (excludes halogenated alkanes) is 4. The van der Waals surface area contributed by atoms with Gasteiger partial charge in [-0.1, -0.05) is 62.9 Å². The van der Waals surface area contributed by atoms with Crippen LogP contribution < -0.4 is 0 Å². The highest BCUT2D eigenvalue weighted by atomic mass is 19.1. The molecule has 196 valence electrons. The topological polar surface area (TPSA) is 45.6 Å². The molecule has 1 aliphatic rings. The first kappa shape index (κ1) is 26.6. The van der Waals surface area contributed by atoms with Gasteiger partial charge < -0.3 is 14.4 Å². The molecule has 1 aromatic heterocycles. The minimum Gasteiger partial charge on any atom is -0.339 e. The van der Waals surface area contributed by atoms with Crippen LogP contribution >= 0.6 is 0 Å². The third-order valence-corrected chi connectivity index (χ3v) is 7.11. The number of nitrogens with zero attached hydrogens (tertiary/aromatic N) is 3. The maximum Gasteiger partial charge on any atom is 0.255 e. The molecule has 0 bridgehead atoms. The Hall–Kier alpha value is -3.48. The molecule has 0 unspecified atom stereocenters. The third kappa shape index (κ3) is 6.09. The molecule has 3 aromatic rings. The number of halogens is 2. The van der Waals surface area contributed by atoms with Crippen LogP contribution in [0.4, 0.5) is 8.78 Å². The van der Waals surface area contributed by atoms with Crippen molar-refractivity contribution in [1.82, 2.24) is 14.4 Å². The van der Waals surface area contributed by atoms with Crippen molar-refractivity contribution in [3.8, 4) is 16.9 Å². The summed E-state index contributed by atoms with van der Waals surface area (Å²) < 4.78 is 30.2. The predicted octanol–water partition coefficient (Wildman–Crippen LogP) is 6.38. The third-order valence-electron chi connectivity index (χ3n) is 7.11. The van der Waals surface area contributed by atoms with Gasteiger partial charge >= 0.3 is 0 Å². The Morgan fingerprint density at radius 1 is 0.838 bits per heavy atom. The lowest BCUT2D eigenvalue weighted by molar-refractivity contribution is -0.132. The Kier molecular flexibility index (Phi) is 8.74. The number of rotatable bonds is 9. The van der Waals surface area contributed by atoms with Crippen molar-refractivity contribution >= 4 is 11.8 Å². The molecular formula is C30H35F2N3O2. The second-order valence-electron chi connectivity index (χ2n) is 9.66. The molecule has 4 rings (SSSR count). The smallest absolute Gasteiger partial charge is 0.255 e. The molecule has 0 spiro atoms. The van der Waals surface area contributed by atoms with E-state index >= 15 is 0 Å². The maximum atomic E-state index is 14.9. The van der Waals surface area contributed by atoms with Crippen molar-refractivity contribution in [2.45, 2.75) is 52.4 Å². The van der Waals surface area contributed by atoms with E-state index in [0.717, 1.165) is 30.9 Å². The van der Waals surface area contributed by atoms with Gasteiger partial charge in [-0.3, -0.25) is 9.59 Å². The van der Waals surface area contributed by atoms with Crippen molar-refractivity contribution in [1.29, 1.82) is 0 Å². The van der Waals surface area contributed by atoms with Gasteiger partial charge in [-0.25, -0.2) is 8.78 Å². The van der Waals surface area contributed by atoms with Crippen LogP contribution in [0.25, 0.3) is 16.9 Å². The normalized spacial score (nSPS) is 13.7. The zero-order valence-electron chi connectivity index (χ0n) is 21.7. The second kappa shape index (κ2) is 12.2. The minimum atomic E-state index is -0.697. The molecule has 0 saturated carbocycles. The molecule has 0 N–H and O–H groups in total. The standard InChI is InChI=1S/C30H35F2N3O2/c1-3-4-5-6-10-13-29(36)33-16-18-34(19-17-33)30(37)25-21-28(23-11-8-7-9-12-23)35(22(25)2)27-15-14-24(31)20-26(27)32/h7-9,11-12,14-15,20-21H,3-6,10,13,16-19H2,1-2H3. The van der Waals surface area contributed by atoms with E-state index < -0.39 is 11.6 Å². The summed E-state index contributed by atoms with van der Waals surface area (Å²) in [4.78, 5) is 29.8. The number of hydrogen-bond acceptors (Lipinski definition) is 2. The first-order valence-electron chi connectivity index (χ1n) is 13.2. The summed E-state index contributed by atoms with van der Waals surface area (Å²) in [5.41, 5.74) is 2.72. The zero-order chi connectivity index (χ0) is 26.4. The summed E-state index contributed by atoms with van der Waals surface area (Å²) >= 11 is 0. The molecule has 5 nitrogen and oxygen atoms in total. The van der Waals surface area contributed by atoms with E-state index in [2.05, 4.69) is 6.92 Å². The Bertz CT molecular complexity index is 1230. The van der Waals surface area contributed by atoms with Gasteiger partial charge in [-0.2, -0.15) is 0 Å². The average Bonchev–Trinajstić information content (AvgIpc) is 3.25. The summed E-state index contributed by atoms with van der Waals surface area (Å²) in [7, 11) is 0. The maximum absolute atomic E-state index is 14.9. The molecule has 1 aliphatic heterocycles. The number of hydrogen-bond donors (Lipinski definition) is 0. The molecule has 1 saturated heterocycles. The van der Waals surface area contributed by atoms with Gasteiger partial charge in [-0.05, 0) is 37.1 Å². The first-order chi connectivity index (χ1) is 17.9. The van der Waals surface area contributed by atoms with Crippen molar-refractivity contribution in [3.63, 3.8) is 0 Å². The van der Waals surface area contributed by atoms with Crippen molar-refractivity contribution < 1.29 is 18.4 Å². The summed E-state index contributed by atoms with van der Waals surface area (Å²) in [5, 5.41) is 0. The Morgan fingerprint density at radius 2 is 1.51 bits per heavy atom. The van der Waals surface area contributed by atoms with Crippen LogP contribution in [-0.4, -0.2) is 52.4 Å². The SMILES string of the molecule is CCCCCCCC(=O)N1CCN(C(=O)c2cc(-c3ccccc3)n(-c3ccc(F)cc3F)c2C)CC1. The summed E-state index contributed by atoms with van der Waals surface area (Å²) in [6, 6.07) is 14.7. The lowest BCUT2D eigenvalue weighted by atomic mass is 10.1. The number of amides is 2. The number of aromatic nitrogens is 1. The molecule has 0 atom stereocenters. The van der Waals surface area contributed by atoms with Crippen LogP contribution in [0.2, 0.25) is 0 Å². The molecule has 1 fully saturated rings. The van der Waals surface area contributed by atoms with Gasteiger partial charge in [0.15, 0.2) is 0 Å². The van der Waals surface area contributed by atoms with Crippen molar-refractivity contribution in [2.24, 2.45) is 0 Å². The first-order valence-corrected chi connectivity index (χ1v) is 13.2. The van der Waals surface area contributed by atoms with E-state index in [-0.39, 0.29) is 17.5 Å². The van der Waals surface area contributed by atoms with E-state index in [1.54, 1.807) is 22.5 Å².